The highest BCUT2D eigenvalue weighted by Gasteiger charge is 2.23. The van der Waals surface area contributed by atoms with Crippen molar-refractivity contribution in [3.63, 3.8) is 0 Å². The molecule has 1 unspecified atom stereocenters. The van der Waals surface area contributed by atoms with E-state index in [-0.39, 0.29) is 6.04 Å². The van der Waals surface area contributed by atoms with Crippen LogP contribution in [0.15, 0.2) is 39.5 Å². The van der Waals surface area contributed by atoms with Crippen molar-refractivity contribution < 1.29 is 9.53 Å². The number of hydrogen-bond acceptors (Lipinski definition) is 3. The summed E-state index contributed by atoms with van der Waals surface area (Å²) in [6.45, 7) is 5.50. The van der Waals surface area contributed by atoms with Crippen molar-refractivity contribution in [3.05, 3.63) is 50.9 Å². The average molecular weight is 445 g/mol. The molecule has 1 aromatic carbocycles. The molecule has 0 spiro atoms. The van der Waals surface area contributed by atoms with Crippen molar-refractivity contribution >= 4 is 38.0 Å². The fraction of sp³-hybridized carbons (Fsp3) is 0.375. The summed E-state index contributed by atoms with van der Waals surface area (Å²) in [6, 6.07) is 9.59. The number of hydrogen-bond donors (Lipinski definition) is 2. The molecule has 2 N–H and O–H groups in total. The maximum atomic E-state index is 12.1. The average Bonchev–Trinajstić information content (AvgIpc) is 2.77. The summed E-state index contributed by atoms with van der Waals surface area (Å²) in [7, 11) is 0. The molecule has 0 aliphatic carbocycles. The van der Waals surface area contributed by atoms with Crippen molar-refractivity contribution in [3.8, 4) is 0 Å². The lowest BCUT2D eigenvalue weighted by Crippen LogP contribution is -2.36. The van der Waals surface area contributed by atoms with E-state index in [9.17, 15) is 4.79 Å². The number of imidazole rings is 1. The molecule has 2 rings (SSSR count). The normalized spacial score (nSPS) is 12.7. The third-order valence-corrected chi connectivity index (χ3v) is 4.62. The Morgan fingerprint density at radius 3 is 2.48 bits per heavy atom. The van der Waals surface area contributed by atoms with Gasteiger partial charge in [0.2, 0.25) is 0 Å². The molecule has 0 saturated carbocycles. The zero-order valence-electron chi connectivity index (χ0n) is 13.2. The van der Waals surface area contributed by atoms with Gasteiger partial charge in [-0.3, -0.25) is 0 Å². The largest absolute Gasteiger partial charge is 0.444 e. The van der Waals surface area contributed by atoms with Crippen LogP contribution >= 0.6 is 31.9 Å². The second-order valence-corrected chi connectivity index (χ2v) is 7.66. The first kappa shape index (κ1) is 18.0. The predicted molar refractivity (Wildman–Crippen MR) is 96.2 cm³/mol. The van der Waals surface area contributed by atoms with E-state index in [0.29, 0.717) is 16.8 Å². The first-order chi connectivity index (χ1) is 10.7. The number of nitrogens with one attached hydrogen (secondary N) is 2. The molecule has 0 fully saturated rings. The molecule has 0 saturated heterocycles. The summed E-state index contributed by atoms with van der Waals surface area (Å²) < 4.78 is 6.75. The zero-order chi connectivity index (χ0) is 17.0. The molecule has 1 atom stereocenters. The number of rotatable bonds is 4. The SMILES string of the molecule is CC(C)(C)OC(=O)NC(Cc1ccccc1)c1nc(Br)c(Br)[nH]1. The fourth-order valence-corrected chi connectivity index (χ4v) is 2.61. The van der Waals surface area contributed by atoms with Crippen LogP contribution in [0.4, 0.5) is 4.79 Å². The van der Waals surface area contributed by atoms with Crippen molar-refractivity contribution in [1.29, 1.82) is 0 Å². The number of aromatic nitrogens is 2. The maximum absolute atomic E-state index is 12.1. The Labute approximate surface area is 152 Å². The highest BCUT2D eigenvalue weighted by atomic mass is 79.9. The minimum Gasteiger partial charge on any atom is -0.444 e. The Bertz CT molecular complexity index is 646. The number of benzene rings is 1. The van der Waals surface area contributed by atoms with E-state index in [4.69, 9.17) is 4.74 Å². The number of alkyl carbamates (subject to hydrolysis) is 1. The second kappa shape index (κ2) is 7.49. The summed E-state index contributed by atoms with van der Waals surface area (Å²) in [4.78, 5) is 19.6. The predicted octanol–water partition coefficient (Wildman–Crippen LogP) is 4.74. The van der Waals surface area contributed by atoms with Gasteiger partial charge in [-0.15, -0.1) is 0 Å². The first-order valence-electron chi connectivity index (χ1n) is 7.19. The molecule has 5 nitrogen and oxygen atoms in total. The Kier molecular flexibility index (Phi) is 5.86. The van der Waals surface area contributed by atoms with E-state index >= 15 is 0 Å². The zero-order valence-corrected chi connectivity index (χ0v) is 16.4. The summed E-state index contributed by atoms with van der Waals surface area (Å²) in [5.41, 5.74) is 0.545. The Balaban J connectivity index is 2.19. The van der Waals surface area contributed by atoms with Gasteiger partial charge in [0.15, 0.2) is 0 Å². The molecule has 23 heavy (non-hydrogen) atoms. The minimum absolute atomic E-state index is 0.324. The molecule has 7 heteroatoms. The van der Waals surface area contributed by atoms with Crippen LogP contribution in [-0.4, -0.2) is 21.7 Å². The molecule has 0 aliphatic rings. The molecule has 2 aromatic rings. The lowest BCUT2D eigenvalue weighted by Gasteiger charge is -2.23. The molecule has 0 aliphatic heterocycles. The summed E-state index contributed by atoms with van der Waals surface area (Å²) >= 11 is 6.73. The number of aromatic amines is 1. The van der Waals surface area contributed by atoms with Crippen molar-refractivity contribution in [2.75, 3.05) is 0 Å². The smallest absolute Gasteiger partial charge is 0.408 e. The van der Waals surface area contributed by atoms with Crippen molar-refractivity contribution in [2.24, 2.45) is 0 Å². The molecule has 1 heterocycles. The van der Waals surface area contributed by atoms with Crippen LogP contribution in [-0.2, 0) is 11.2 Å². The van der Waals surface area contributed by atoms with E-state index in [2.05, 4.69) is 47.1 Å². The summed E-state index contributed by atoms with van der Waals surface area (Å²) in [5, 5.41) is 2.88. The van der Waals surface area contributed by atoms with Crippen LogP contribution in [0.3, 0.4) is 0 Å². The number of amides is 1. The van der Waals surface area contributed by atoms with Gasteiger partial charge in [-0.2, -0.15) is 0 Å². The topological polar surface area (TPSA) is 67.0 Å². The monoisotopic (exact) mass is 443 g/mol. The third kappa shape index (κ3) is 5.66. The van der Waals surface area contributed by atoms with Gasteiger partial charge < -0.3 is 15.0 Å². The van der Waals surface area contributed by atoms with E-state index in [1.165, 1.54) is 0 Å². The molecular weight excluding hydrogens is 426 g/mol. The minimum atomic E-state index is -0.550. The van der Waals surface area contributed by atoms with Gasteiger partial charge in [0.25, 0.3) is 0 Å². The van der Waals surface area contributed by atoms with Crippen LogP contribution in [0, 0.1) is 0 Å². The molecular formula is C16H19Br2N3O2. The highest BCUT2D eigenvalue weighted by Crippen LogP contribution is 2.24. The Morgan fingerprint density at radius 1 is 1.30 bits per heavy atom. The fourth-order valence-electron chi connectivity index (χ4n) is 2.03. The lowest BCUT2D eigenvalue weighted by molar-refractivity contribution is 0.0501. The van der Waals surface area contributed by atoms with Gasteiger partial charge in [0.1, 0.15) is 20.6 Å². The van der Waals surface area contributed by atoms with Gasteiger partial charge in [-0.25, -0.2) is 9.78 Å². The van der Waals surface area contributed by atoms with Gasteiger partial charge in [0.05, 0.1) is 6.04 Å². The number of H-pyrrole nitrogens is 1. The van der Waals surface area contributed by atoms with Gasteiger partial charge in [-0.05, 0) is 58.2 Å². The van der Waals surface area contributed by atoms with E-state index in [1.54, 1.807) is 0 Å². The number of nitrogens with zero attached hydrogens (tertiary/aromatic N) is 1. The van der Waals surface area contributed by atoms with E-state index in [0.717, 1.165) is 10.2 Å². The molecule has 1 amide bonds. The van der Waals surface area contributed by atoms with Gasteiger partial charge >= 0.3 is 6.09 Å². The van der Waals surface area contributed by atoms with Crippen LogP contribution in [0.25, 0.3) is 0 Å². The molecule has 0 bridgehead atoms. The number of carbonyl (C=O) groups is 1. The maximum Gasteiger partial charge on any atom is 0.408 e. The Hall–Kier alpha value is -1.34. The van der Waals surface area contributed by atoms with Crippen molar-refractivity contribution in [1.82, 2.24) is 15.3 Å². The highest BCUT2D eigenvalue weighted by molar-refractivity contribution is 9.13. The number of halogens is 2. The summed E-state index contributed by atoms with van der Waals surface area (Å²) in [5.74, 6) is 0.651. The number of carbonyl (C=O) groups excluding carboxylic acids is 1. The van der Waals surface area contributed by atoms with Crippen LogP contribution in [0.5, 0.6) is 0 Å². The molecule has 1 aromatic heterocycles. The van der Waals surface area contributed by atoms with Gasteiger partial charge in [-0.1, -0.05) is 30.3 Å². The van der Waals surface area contributed by atoms with Crippen LogP contribution in [0.2, 0.25) is 0 Å². The second-order valence-electron chi connectivity index (χ2n) is 6.12. The quantitative estimate of drug-likeness (QED) is 0.715. The van der Waals surface area contributed by atoms with Crippen LogP contribution < -0.4 is 5.32 Å². The van der Waals surface area contributed by atoms with Crippen LogP contribution in [0.1, 0.15) is 38.2 Å². The summed E-state index contributed by atoms with van der Waals surface area (Å²) in [6.07, 6.45) is 0.133. The molecule has 0 radical (unpaired) electrons. The number of ether oxygens (including phenoxy) is 1. The standard InChI is InChI=1S/C16H19Br2N3O2/c1-16(2,3)23-15(22)19-11(9-10-7-5-4-6-8-10)14-20-12(17)13(18)21-14/h4-8,11H,9H2,1-3H3,(H,19,22)(H,20,21). The Morgan fingerprint density at radius 2 is 1.96 bits per heavy atom. The van der Waals surface area contributed by atoms with E-state index < -0.39 is 11.7 Å². The first-order valence-corrected chi connectivity index (χ1v) is 8.77. The van der Waals surface area contributed by atoms with Gasteiger partial charge in [0, 0.05) is 6.42 Å². The third-order valence-electron chi connectivity index (χ3n) is 2.94. The van der Waals surface area contributed by atoms with E-state index in [1.807, 2.05) is 51.1 Å². The van der Waals surface area contributed by atoms with Crippen molar-refractivity contribution in [2.45, 2.75) is 38.8 Å². The lowest BCUT2D eigenvalue weighted by atomic mass is 10.1. The molecule has 124 valence electrons.